The lowest BCUT2D eigenvalue weighted by atomic mass is 10.1. The van der Waals surface area contributed by atoms with Crippen LogP contribution >= 0.6 is 0 Å². The SMILES string of the molecule is CCCCCCCCn1c(CC[C@H](N)C(=O)NO)nc2ccccc21. The lowest BCUT2D eigenvalue weighted by Gasteiger charge is -2.12. The fourth-order valence-corrected chi connectivity index (χ4v) is 3.11. The molecule has 0 saturated heterocycles. The third kappa shape index (κ3) is 5.54. The minimum absolute atomic E-state index is 0.451. The molecule has 1 atom stereocenters. The number of carbonyl (C=O) groups is 1. The van der Waals surface area contributed by atoms with E-state index in [1.807, 2.05) is 18.2 Å². The molecule has 138 valence electrons. The van der Waals surface area contributed by atoms with Crippen LogP contribution in [0.2, 0.25) is 0 Å². The lowest BCUT2D eigenvalue weighted by Crippen LogP contribution is -2.39. The number of nitrogens with zero attached hydrogens (tertiary/aromatic N) is 2. The number of imidazole rings is 1. The highest BCUT2D eigenvalue weighted by Gasteiger charge is 2.16. The van der Waals surface area contributed by atoms with Gasteiger partial charge in [0, 0.05) is 13.0 Å². The number of carbonyl (C=O) groups excluding carboxylic acids is 1. The molecule has 2 rings (SSSR count). The number of fused-ring (bicyclic) bond motifs is 1. The minimum atomic E-state index is -0.729. The highest BCUT2D eigenvalue weighted by atomic mass is 16.5. The Morgan fingerprint density at radius 3 is 2.72 bits per heavy atom. The summed E-state index contributed by atoms with van der Waals surface area (Å²) < 4.78 is 2.25. The summed E-state index contributed by atoms with van der Waals surface area (Å²) in [6, 6.07) is 7.38. The van der Waals surface area contributed by atoms with Gasteiger partial charge in [0.05, 0.1) is 17.1 Å². The number of aromatic nitrogens is 2. The molecule has 0 unspecified atom stereocenters. The second-order valence-corrected chi connectivity index (χ2v) is 6.56. The third-order valence-electron chi connectivity index (χ3n) is 4.59. The fraction of sp³-hybridized carbons (Fsp3) is 0.579. The second-order valence-electron chi connectivity index (χ2n) is 6.56. The topological polar surface area (TPSA) is 93.2 Å². The second kappa shape index (κ2) is 10.2. The van der Waals surface area contributed by atoms with Gasteiger partial charge in [-0.15, -0.1) is 0 Å². The molecule has 0 bridgehead atoms. The Morgan fingerprint density at radius 1 is 1.24 bits per heavy atom. The smallest absolute Gasteiger partial charge is 0.260 e. The van der Waals surface area contributed by atoms with Gasteiger partial charge < -0.3 is 10.3 Å². The Labute approximate surface area is 149 Å². The number of hydrogen-bond acceptors (Lipinski definition) is 4. The Kier molecular flexibility index (Phi) is 7.88. The zero-order chi connectivity index (χ0) is 18.1. The predicted molar refractivity (Wildman–Crippen MR) is 99.3 cm³/mol. The van der Waals surface area contributed by atoms with Gasteiger partial charge in [-0.1, -0.05) is 51.2 Å². The molecule has 0 aliphatic rings. The first-order chi connectivity index (χ1) is 12.2. The molecule has 1 aromatic carbocycles. The molecule has 0 fully saturated rings. The number of aryl methyl sites for hydroxylation is 2. The predicted octanol–water partition coefficient (Wildman–Crippen LogP) is 3.16. The number of hydroxylamine groups is 1. The highest BCUT2D eigenvalue weighted by molar-refractivity contribution is 5.80. The first-order valence-electron chi connectivity index (χ1n) is 9.31. The van der Waals surface area contributed by atoms with Gasteiger partial charge in [0.15, 0.2) is 0 Å². The van der Waals surface area contributed by atoms with E-state index in [9.17, 15) is 4.79 Å². The van der Waals surface area contributed by atoms with E-state index in [1.54, 1.807) is 5.48 Å². The van der Waals surface area contributed by atoms with Crippen molar-refractivity contribution in [1.82, 2.24) is 15.0 Å². The van der Waals surface area contributed by atoms with Gasteiger partial charge in [-0.05, 0) is 25.0 Å². The average molecular weight is 346 g/mol. The van der Waals surface area contributed by atoms with Gasteiger partial charge >= 0.3 is 0 Å². The van der Waals surface area contributed by atoms with Gasteiger partial charge in [0.2, 0.25) is 0 Å². The summed E-state index contributed by atoms with van der Waals surface area (Å²) in [5.41, 5.74) is 9.50. The van der Waals surface area contributed by atoms with Gasteiger partial charge in [0.1, 0.15) is 5.82 Å². The normalized spacial score (nSPS) is 12.4. The maximum Gasteiger partial charge on any atom is 0.260 e. The molecule has 0 aliphatic carbocycles. The number of hydrogen-bond donors (Lipinski definition) is 3. The first-order valence-corrected chi connectivity index (χ1v) is 9.31. The molecule has 1 amide bonds. The summed E-state index contributed by atoms with van der Waals surface area (Å²) in [6.07, 6.45) is 8.56. The maximum atomic E-state index is 11.4. The van der Waals surface area contributed by atoms with Gasteiger partial charge in [0.25, 0.3) is 5.91 Å². The molecule has 1 heterocycles. The Bertz CT molecular complexity index is 668. The number of nitrogens with one attached hydrogen (secondary N) is 1. The monoisotopic (exact) mass is 346 g/mol. The van der Waals surface area contributed by atoms with E-state index >= 15 is 0 Å². The van der Waals surface area contributed by atoms with Crippen LogP contribution in [-0.4, -0.2) is 26.7 Å². The van der Waals surface area contributed by atoms with Crippen molar-refractivity contribution in [3.05, 3.63) is 30.1 Å². The van der Waals surface area contributed by atoms with Crippen LogP contribution in [0.4, 0.5) is 0 Å². The fourth-order valence-electron chi connectivity index (χ4n) is 3.11. The van der Waals surface area contributed by atoms with Gasteiger partial charge in [-0.3, -0.25) is 10.0 Å². The lowest BCUT2D eigenvalue weighted by molar-refractivity contribution is -0.130. The van der Waals surface area contributed by atoms with Crippen LogP contribution in [0.15, 0.2) is 24.3 Å². The van der Waals surface area contributed by atoms with E-state index in [1.165, 1.54) is 32.1 Å². The van der Waals surface area contributed by atoms with E-state index in [4.69, 9.17) is 15.9 Å². The minimum Gasteiger partial charge on any atom is -0.328 e. The van der Waals surface area contributed by atoms with Crippen LogP contribution in [0, 0.1) is 0 Å². The summed E-state index contributed by atoms with van der Waals surface area (Å²) in [5, 5.41) is 8.68. The number of nitrogens with two attached hydrogens (primary N) is 1. The summed E-state index contributed by atoms with van der Waals surface area (Å²) in [7, 11) is 0. The van der Waals surface area contributed by atoms with E-state index in [2.05, 4.69) is 17.6 Å². The van der Waals surface area contributed by atoms with Crippen LogP contribution in [0.5, 0.6) is 0 Å². The number of unbranched alkanes of at least 4 members (excludes halogenated alkanes) is 5. The van der Waals surface area contributed by atoms with Crippen LogP contribution in [0.3, 0.4) is 0 Å². The molecular formula is C19H30N4O2. The summed E-state index contributed by atoms with van der Waals surface area (Å²) in [5.74, 6) is 0.398. The van der Waals surface area contributed by atoms with Crippen molar-refractivity contribution >= 4 is 16.9 Å². The van der Waals surface area contributed by atoms with Crippen molar-refractivity contribution in [3.63, 3.8) is 0 Å². The molecule has 0 aliphatic heterocycles. The average Bonchev–Trinajstić information content (AvgIpc) is 2.99. The summed E-state index contributed by atoms with van der Waals surface area (Å²) >= 11 is 0. The van der Waals surface area contributed by atoms with Crippen LogP contribution in [0.25, 0.3) is 11.0 Å². The quantitative estimate of drug-likeness (QED) is 0.331. The van der Waals surface area contributed by atoms with Crippen LogP contribution in [0.1, 0.15) is 57.7 Å². The molecule has 1 aromatic heterocycles. The van der Waals surface area contributed by atoms with Crippen molar-refractivity contribution in [2.75, 3.05) is 0 Å². The largest absolute Gasteiger partial charge is 0.328 e. The Balaban J connectivity index is 2.01. The zero-order valence-electron chi connectivity index (χ0n) is 15.1. The molecule has 25 heavy (non-hydrogen) atoms. The van der Waals surface area contributed by atoms with Crippen LogP contribution < -0.4 is 11.2 Å². The van der Waals surface area contributed by atoms with Crippen molar-refractivity contribution in [1.29, 1.82) is 0 Å². The van der Waals surface area contributed by atoms with Crippen molar-refractivity contribution in [2.24, 2.45) is 5.73 Å². The van der Waals surface area contributed by atoms with E-state index in [-0.39, 0.29) is 0 Å². The molecule has 4 N–H and O–H groups in total. The zero-order valence-corrected chi connectivity index (χ0v) is 15.1. The Hall–Kier alpha value is -1.92. The summed E-state index contributed by atoms with van der Waals surface area (Å²) in [6.45, 7) is 3.16. The number of para-hydroxylation sites is 2. The van der Waals surface area contributed by atoms with Crippen molar-refractivity contribution in [2.45, 2.75) is 70.9 Å². The number of benzene rings is 1. The highest BCUT2D eigenvalue weighted by Crippen LogP contribution is 2.19. The van der Waals surface area contributed by atoms with E-state index < -0.39 is 11.9 Å². The van der Waals surface area contributed by atoms with E-state index in [0.717, 1.165) is 29.8 Å². The third-order valence-corrected chi connectivity index (χ3v) is 4.59. The Morgan fingerprint density at radius 2 is 1.96 bits per heavy atom. The molecule has 6 heteroatoms. The van der Waals surface area contributed by atoms with E-state index in [0.29, 0.717) is 12.8 Å². The number of rotatable bonds is 11. The molecule has 0 radical (unpaired) electrons. The van der Waals surface area contributed by atoms with Gasteiger partial charge in [-0.25, -0.2) is 10.5 Å². The molecule has 2 aromatic rings. The van der Waals surface area contributed by atoms with Gasteiger partial charge in [-0.2, -0.15) is 0 Å². The standard InChI is InChI=1S/C19H30N4O2/c1-2-3-4-5-6-9-14-23-17-11-8-7-10-16(17)21-18(23)13-12-15(20)19(24)22-25/h7-8,10-11,15,25H,2-6,9,12-14,20H2,1H3,(H,22,24)/t15-/m0/s1. The maximum absolute atomic E-state index is 11.4. The van der Waals surface area contributed by atoms with Crippen molar-refractivity contribution in [3.8, 4) is 0 Å². The molecule has 0 saturated carbocycles. The summed E-state index contributed by atoms with van der Waals surface area (Å²) in [4.78, 5) is 16.1. The molecule has 0 spiro atoms. The first kappa shape index (κ1) is 19.4. The number of amides is 1. The van der Waals surface area contributed by atoms with Crippen LogP contribution in [-0.2, 0) is 17.8 Å². The molecular weight excluding hydrogens is 316 g/mol. The molecule has 6 nitrogen and oxygen atoms in total. The van der Waals surface area contributed by atoms with Crippen molar-refractivity contribution < 1.29 is 10.0 Å².